The monoisotopic (exact) mass is 316 g/mol. The molecule has 1 fully saturated rings. The smallest absolute Gasteiger partial charge is 0.153 e. The summed E-state index contributed by atoms with van der Waals surface area (Å²) in [6, 6.07) is 2.69. The average molecular weight is 316 g/mol. The molecule has 1 aliphatic heterocycles. The number of aliphatic hydroxyl groups excluding tert-OH is 1. The molecule has 0 aromatic carbocycles. The quantitative estimate of drug-likeness (QED) is 0.898. The number of hydrogen-bond donors (Lipinski definition) is 1. The van der Waals surface area contributed by atoms with E-state index in [1.807, 2.05) is 13.8 Å². The fourth-order valence-corrected chi connectivity index (χ4v) is 4.25. The average Bonchev–Trinajstić information content (AvgIpc) is 2.41. The lowest BCUT2D eigenvalue weighted by molar-refractivity contribution is 0.0765. The molecule has 3 atom stereocenters. The fourth-order valence-electron chi connectivity index (χ4n) is 2.63. The molecule has 0 radical (unpaired) electrons. The predicted octanol–water partition coefficient (Wildman–Crippen LogP) is 1.01. The number of hydrogen-bond acceptors (Lipinski definition) is 5. The molecule has 0 bridgehead atoms. The van der Waals surface area contributed by atoms with Crippen molar-refractivity contribution in [1.29, 1.82) is 0 Å². The molecule has 1 aromatic heterocycles. The molecule has 3 unspecified atom stereocenters. The fraction of sp³-hybridized carbons (Fsp3) is 0.643. The van der Waals surface area contributed by atoms with E-state index in [1.54, 1.807) is 0 Å². The van der Waals surface area contributed by atoms with Crippen LogP contribution in [0, 0.1) is 11.7 Å². The van der Waals surface area contributed by atoms with Gasteiger partial charge in [0.1, 0.15) is 5.82 Å². The Morgan fingerprint density at radius 2 is 2.24 bits per heavy atom. The van der Waals surface area contributed by atoms with E-state index in [-0.39, 0.29) is 23.5 Å². The zero-order valence-electron chi connectivity index (χ0n) is 12.2. The van der Waals surface area contributed by atoms with Gasteiger partial charge in [0.25, 0.3) is 0 Å². The number of halogens is 1. The lowest BCUT2D eigenvalue weighted by Gasteiger charge is -2.35. The summed E-state index contributed by atoms with van der Waals surface area (Å²) in [7, 11) is -2.94. The van der Waals surface area contributed by atoms with Gasteiger partial charge in [0.05, 0.1) is 29.5 Å². The molecular weight excluding hydrogens is 295 g/mol. The molecule has 0 amide bonds. The Hall–Kier alpha value is -1.05. The minimum Gasteiger partial charge on any atom is -0.386 e. The maximum absolute atomic E-state index is 12.8. The normalized spacial score (nSPS) is 25.4. The molecule has 1 saturated heterocycles. The van der Waals surface area contributed by atoms with Crippen LogP contribution in [0.3, 0.4) is 0 Å². The first-order valence-corrected chi connectivity index (χ1v) is 8.84. The lowest BCUT2D eigenvalue weighted by atomic mass is 10.00. The first-order valence-electron chi connectivity index (χ1n) is 7.02. The first kappa shape index (κ1) is 16.3. The second kappa shape index (κ2) is 6.37. The molecule has 21 heavy (non-hydrogen) atoms. The molecule has 0 saturated carbocycles. The highest BCUT2D eigenvalue weighted by molar-refractivity contribution is 7.91. The summed E-state index contributed by atoms with van der Waals surface area (Å²) in [6.45, 7) is 4.83. The summed E-state index contributed by atoms with van der Waals surface area (Å²) in [5.74, 6) is -0.237. The number of aromatic nitrogens is 1. The second-order valence-corrected chi connectivity index (χ2v) is 8.01. The predicted molar refractivity (Wildman–Crippen MR) is 78.0 cm³/mol. The first-order chi connectivity index (χ1) is 9.78. The van der Waals surface area contributed by atoms with E-state index in [0.29, 0.717) is 18.8 Å². The highest BCUT2D eigenvalue weighted by Crippen LogP contribution is 2.23. The van der Waals surface area contributed by atoms with Crippen LogP contribution in [0.2, 0.25) is 0 Å². The van der Waals surface area contributed by atoms with Crippen molar-refractivity contribution in [3.05, 3.63) is 29.8 Å². The number of pyridine rings is 1. The van der Waals surface area contributed by atoms with E-state index in [2.05, 4.69) is 9.88 Å². The topological polar surface area (TPSA) is 70.5 Å². The molecule has 2 heterocycles. The SMILES string of the molecule is CC(CN1CCS(=O)(=O)CC1C)C(O)c1ccc(F)cn1. The zero-order chi connectivity index (χ0) is 15.6. The summed E-state index contributed by atoms with van der Waals surface area (Å²) in [5, 5.41) is 10.3. The molecule has 0 spiro atoms. The third-order valence-corrected chi connectivity index (χ3v) is 5.72. The lowest BCUT2D eigenvalue weighted by Crippen LogP contribution is -2.48. The maximum atomic E-state index is 12.8. The van der Waals surface area contributed by atoms with Gasteiger partial charge < -0.3 is 5.11 Å². The summed E-state index contributed by atoms with van der Waals surface area (Å²) in [6.07, 6.45) is 0.290. The van der Waals surface area contributed by atoms with Crippen LogP contribution < -0.4 is 0 Å². The highest BCUT2D eigenvalue weighted by atomic mass is 32.2. The van der Waals surface area contributed by atoms with E-state index in [1.165, 1.54) is 12.1 Å². The molecule has 7 heteroatoms. The van der Waals surface area contributed by atoms with Gasteiger partial charge in [-0.1, -0.05) is 6.92 Å². The van der Waals surface area contributed by atoms with Crippen molar-refractivity contribution in [2.75, 3.05) is 24.6 Å². The van der Waals surface area contributed by atoms with Gasteiger partial charge in [-0.2, -0.15) is 0 Å². The number of sulfone groups is 1. The van der Waals surface area contributed by atoms with E-state index in [4.69, 9.17) is 0 Å². The van der Waals surface area contributed by atoms with Crippen LogP contribution in [0.5, 0.6) is 0 Å². The molecule has 118 valence electrons. The Morgan fingerprint density at radius 3 is 2.81 bits per heavy atom. The van der Waals surface area contributed by atoms with Crippen LogP contribution >= 0.6 is 0 Å². The van der Waals surface area contributed by atoms with Crippen LogP contribution in [-0.2, 0) is 9.84 Å². The van der Waals surface area contributed by atoms with Gasteiger partial charge >= 0.3 is 0 Å². The number of rotatable bonds is 4. The van der Waals surface area contributed by atoms with E-state index in [9.17, 15) is 17.9 Å². The molecule has 1 aliphatic rings. The Labute approximate surface area is 124 Å². The van der Waals surface area contributed by atoms with E-state index >= 15 is 0 Å². The molecule has 2 rings (SSSR count). The van der Waals surface area contributed by atoms with Crippen LogP contribution in [0.1, 0.15) is 25.6 Å². The van der Waals surface area contributed by atoms with Gasteiger partial charge in [0.15, 0.2) is 9.84 Å². The second-order valence-electron chi connectivity index (χ2n) is 5.78. The van der Waals surface area contributed by atoms with Crippen molar-refractivity contribution < 1.29 is 17.9 Å². The van der Waals surface area contributed by atoms with E-state index < -0.39 is 21.8 Å². The summed E-state index contributed by atoms with van der Waals surface area (Å²) in [4.78, 5) is 5.96. The standard InChI is InChI=1S/C14H21FN2O3S/c1-10(14(18)13-4-3-12(15)7-16-13)8-17-5-6-21(19,20)9-11(17)2/h3-4,7,10-11,14,18H,5-6,8-9H2,1-2H3. The van der Waals surface area contributed by atoms with Crippen molar-refractivity contribution in [3.63, 3.8) is 0 Å². The molecule has 1 aromatic rings. The number of aliphatic hydroxyl groups is 1. The Kier molecular flexibility index (Phi) is 4.95. The van der Waals surface area contributed by atoms with E-state index in [0.717, 1.165) is 6.20 Å². The summed E-state index contributed by atoms with van der Waals surface area (Å²) in [5.41, 5.74) is 0.432. The van der Waals surface area contributed by atoms with Gasteiger partial charge in [0, 0.05) is 25.0 Å². The molecule has 5 nitrogen and oxygen atoms in total. The Balaban J connectivity index is 1.97. The molecule has 0 aliphatic carbocycles. The third-order valence-electron chi connectivity index (χ3n) is 3.92. The van der Waals surface area contributed by atoms with Crippen LogP contribution in [0.4, 0.5) is 4.39 Å². The summed E-state index contributed by atoms with van der Waals surface area (Å²) < 4.78 is 36.0. The number of nitrogens with zero attached hydrogens (tertiary/aromatic N) is 2. The minimum absolute atomic E-state index is 0.0559. The van der Waals surface area contributed by atoms with Crippen LogP contribution in [0.25, 0.3) is 0 Å². The van der Waals surface area contributed by atoms with Crippen molar-refractivity contribution >= 4 is 9.84 Å². The maximum Gasteiger partial charge on any atom is 0.153 e. The van der Waals surface area contributed by atoms with Crippen molar-refractivity contribution in [3.8, 4) is 0 Å². The highest BCUT2D eigenvalue weighted by Gasteiger charge is 2.30. The largest absolute Gasteiger partial charge is 0.386 e. The Morgan fingerprint density at radius 1 is 1.52 bits per heavy atom. The van der Waals surface area contributed by atoms with Gasteiger partial charge in [-0.15, -0.1) is 0 Å². The zero-order valence-corrected chi connectivity index (χ0v) is 13.1. The molecule has 1 N–H and O–H groups in total. The van der Waals surface area contributed by atoms with Crippen LogP contribution in [0.15, 0.2) is 18.3 Å². The van der Waals surface area contributed by atoms with Crippen molar-refractivity contribution in [1.82, 2.24) is 9.88 Å². The van der Waals surface area contributed by atoms with Crippen LogP contribution in [-0.4, -0.2) is 54.0 Å². The minimum atomic E-state index is -2.94. The van der Waals surface area contributed by atoms with Crippen molar-refractivity contribution in [2.24, 2.45) is 5.92 Å². The molecular formula is C14H21FN2O3S. The van der Waals surface area contributed by atoms with Gasteiger partial charge in [-0.05, 0) is 19.1 Å². The Bertz CT molecular complexity index is 576. The van der Waals surface area contributed by atoms with Gasteiger partial charge in [-0.25, -0.2) is 12.8 Å². The summed E-state index contributed by atoms with van der Waals surface area (Å²) >= 11 is 0. The third kappa shape index (κ3) is 4.21. The van der Waals surface area contributed by atoms with Gasteiger partial charge in [0.2, 0.25) is 0 Å². The van der Waals surface area contributed by atoms with Gasteiger partial charge in [-0.3, -0.25) is 9.88 Å². The van der Waals surface area contributed by atoms with Crippen molar-refractivity contribution in [2.45, 2.75) is 26.0 Å².